The van der Waals surface area contributed by atoms with Crippen molar-refractivity contribution in [1.29, 1.82) is 0 Å². The number of unbranched alkanes of at least 4 members (excludes halogenated alkanes) is 2. The summed E-state index contributed by atoms with van der Waals surface area (Å²) < 4.78 is 11.5. The van der Waals surface area contributed by atoms with E-state index >= 15 is 0 Å². The van der Waals surface area contributed by atoms with E-state index in [9.17, 15) is 0 Å². The van der Waals surface area contributed by atoms with E-state index in [-0.39, 0.29) is 5.60 Å². The number of para-hydroxylation sites is 1. The zero-order chi connectivity index (χ0) is 13.3. The van der Waals surface area contributed by atoms with Crippen LogP contribution in [0.15, 0.2) is 30.3 Å². The van der Waals surface area contributed by atoms with Crippen molar-refractivity contribution >= 4 is 0 Å². The third kappa shape index (κ3) is 6.65. The molecule has 0 aromatic heterocycles. The van der Waals surface area contributed by atoms with Gasteiger partial charge in [0.25, 0.3) is 0 Å². The molecule has 18 heavy (non-hydrogen) atoms. The van der Waals surface area contributed by atoms with E-state index in [4.69, 9.17) is 9.47 Å². The molecule has 0 N–H and O–H groups in total. The van der Waals surface area contributed by atoms with E-state index < -0.39 is 0 Å². The van der Waals surface area contributed by atoms with Gasteiger partial charge in [0.05, 0.1) is 12.2 Å². The topological polar surface area (TPSA) is 18.5 Å². The van der Waals surface area contributed by atoms with Crippen molar-refractivity contribution in [2.45, 2.75) is 52.1 Å². The van der Waals surface area contributed by atoms with Crippen LogP contribution >= 0.6 is 0 Å². The Kier molecular flexibility index (Phi) is 6.81. The van der Waals surface area contributed by atoms with Gasteiger partial charge in [-0.2, -0.15) is 0 Å². The van der Waals surface area contributed by atoms with Gasteiger partial charge in [-0.05, 0) is 32.4 Å². The lowest BCUT2D eigenvalue weighted by Crippen LogP contribution is -2.26. The van der Waals surface area contributed by atoms with Crippen LogP contribution in [-0.2, 0) is 4.74 Å². The van der Waals surface area contributed by atoms with Crippen molar-refractivity contribution in [2.24, 2.45) is 0 Å². The molecule has 0 unspecified atom stereocenters. The molecule has 2 nitrogen and oxygen atoms in total. The second-order valence-electron chi connectivity index (χ2n) is 5.23. The molecule has 0 aliphatic carbocycles. The molecule has 0 radical (unpaired) electrons. The third-order valence-corrected chi connectivity index (χ3v) is 2.97. The molecule has 102 valence electrons. The molecule has 1 aromatic carbocycles. The number of hydrogen-bond acceptors (Lipinski definition) is 2. The Morgan fingerprint density at radius 1 is 1.00 bits per heavy atom. The van der Waals surface area contributed by atoms with Crippen LogP contribution in [0.5, 0.6) is 5.75 Å². The third-order valence-electron chi connectivity index (χ3n) is 2.97. The SMILES string of the molecule is CCCCCC(C)(C)OCCOc1ccccc1. The molecule has 0 aliphatic rings. The zero-order valence-corrected chi connectivity index (χ0v) is 11.9. The lowest BCUT2D eigenvalue weighted by atomic mass is 10.0. The highest BCUT2D eigenvalue weighted by atomic mass is 16.5. The molecule has 0 bridgehead atoms. The molecular formula is C16H26O2. The maximum absolute atomic E-state index is 5.87. The van der Waals surface area contributed by atoms with E-state index in [0.29, 0.717) is 13.2 Å². The Morgan fingerprint density at radius 3 is 2.39 bits per heavy atom. The smallest absolute Gasteiger partial charge is 0.119 e. The van der Waals surface area contributed by atoms with Gasteiger partial charge in [-0.3, -0.25) is 0 Å². The molecule has 1 aromatic rings. The fourth-order valence-electron chi connectivity index (χ4n) is 1.87. The van der Waals surface area contributed by atoms with Crippen molar-refractivity contribution in [1.82, 2.24) is 0 Å². The maximum Gasteiger partial charge on any atom is 0.119 e. The molecule has 0 atom stereocenters. The monoisotopic (exact) mass is 250 g/mol. The van der Waals surface area contributed by atoms with Gasteiger partial charge >= 0.3 is 0 Å². The van der Waals surface area contributed by atoms with Gasteiger partial charge in [0.15, 0.2) is 0 Å². The molecule has 0 saturated carbocycles. The summed E-state index contributed by atoms with van der Waals surface area (Å²) in [5.74, 6) is 0.907. The first-order chi connectivity index (χ1) is 8.64. The average molecular weight is 250 g/mol. The minimum absolute atomic E-state index is 0.0325. The Bertz CT molecular complexity index is 306. The highest BCUT2D eigenvalue weighted by Crippen LogP contribution is 2.18. The predicted molar refractivity (Wildman–Crippen MR) is 76.1 cm³/mol. The molecule has 0 spiro atoms. The van der Waals surface area contributed by atoms with Gasteiger partial charge in [0, 0.05) is 0 Å². The molecule has 0 heterocycles. The standard InChI is InChI=1S/C16H26O2/c1-4-5-9-12-16(2,3)18-14-13-17-15-10-7-6-8-11-15/h6-8,10-11H,4-5,9,12-14H2,1-3H3. The summed E-state index contributed by atoms with van der Waals surface area (Å²) in [6.45, 7) is 7.80. The van der Waals surface area contributed by atoms with Gasteiger partial charge < -0.3 is 9.47 Å². The van der Waals surface area contributed by atoms with Gasteiger partial charge in [0.1, 0.15) is 12.4 Å². The minimum Gasteiger partial charge on any atom is -0.491 e. The summed E-state index contributed by atoms with van der Waals surface area (Å²) in [4.78, 5) is 0. The van der Waals surface area contributed by atoms with E-state index in [1.807, 2.05) is 30.3 Å². The fraction of sp³-hybridized carbons (Fsp3) is 0.625. The highest BCUT2D eigenvalue weighted by Gasteiger charge is 2.17. The molecule has 0 aliphatic heterocycles. The van der Waals surface area contributed by atoms with Crippen molar-refractivity contribution in [3.05, 3.63) is 30.3 Å². The first-order valence-corrected chi connectivity index (χ1v) is 6.96. The number of benzene rings is 1. The summed E-state index contributed by atoms with van der Waals surface area (Å²) in [6.07, 6.45) is 4.90. The summed E-state index contributed by atoms with van der Waals surface area (Å²) in [7, 11) is 0. The number of rotatable bonds is 9. The van der Waals surface area contributed by atoms with Crippen LogP contribution in [0.2, 0.25) is 0 Å². The zero-order valence-electron chi connectivity index (χ0n) is 11.9. The number of ether oxygens (including phenoxy) is 2. The van der Waals surface area contributed by atoms with Crippen molar-refractivity contribution in [3.63, 3.8) is 0 Å². The summed E-state index contributed by atoms with van der Waals surface area (Å²) in [6, 6.07) is 9.87. The molecule has 0 saturated heterocycles. The normalized spacial score (nSPS) is 11.5. The van der Waals surface area contributed by atoms with Crippen LogP contribution in [0.4, 0.5) is 0 Å². The maximum atomic E-state index is 5.87. The van der Waals surface area contributed by atoms with E-state index in [1.165, 1.54) is 19.3 Å². The fourth-order valence-corrected chi connectivity index (χ4v) is 1.87. The molecule has 0 fully saturated rings. The quantitative estimate of drug-likeness (QED) is 0.603. The van der Waals surface area contributed by atoms with E-state index in [2.05, 4.69) is 20.8 Å². The molecular weight excluding hydrogens is 224 g/mol. The summed E-state index contributed by atoms with van der Waals surface area (Å²) in [5, 5.41) is 0. The second-order valence-corrected chi connectivity index (χ2v) is 5.23. The first kappa shape index (κ1) is 15.0. The molecule has 1 rings (SSSR count). The van der Waals surface area contributed by atoms with E-state index in [1.54, 1.807) is 0 Å². The Labute approximate surface area is 111 Å². The Morgan fingerprint density at radius 2 is 1.72 bits per heavy atom. The Balaban J connectivity index is 2.13. The largest absolute Gasteiger partial charge is 0.491 e. The van der Waals surface area contributed by atoms with Crippen LogP contribution < -0.4 is 4.74 Å². The van der Waals surface area contributed by atoms with Crippen LogP contribution in [-0.4, -0.2) is 18.8 Å². The van der Waals surface area contributed by atoms with Gasteiger partial charge in [-0.15, -0.1) is 0 Å². The highest BCUT2D eigenvalue weighted by molar-refractivity contribution is 5.20. The van der Waals surface area contributed by atoms with Crippen LogP contribution in [0, 0.1) is 0 Å². The second kappa shape index (κ2) is 8.15. The van der Waals surface area contributed by atoms with Gasteiger partial charge in [-0.1, -0.05) is 44.4 Å². The molecule has 0 amide bonds. The van der Waals surface area contributed by atoms with Crippen LogP contribution in [0.3, 0.4) is 0 Å². The predicted octanol–water partition coefficient (Wildman–Crippen LogP) is 4.44. The minimum atomic E-state index is -0.0325. The van der Waals surface area contributed by atoms with Crippen molar-refractivity contribution < 1.29 is 9.47 Å². The summed E-state index contributed by atoms with van der Waals surface area (Å²) >= 11 is 0. The van der Waals surface area contributed by atoms with Crippen LogP contribution in [0.25, 0.3) is 0 Å². The lowest BCUT2D eigenvalue weighted by molar-refractivity contribution is -0.0362. The van der Waals surface area contributed by atoms with Crippen molar-refractivity contribution in [3.8, 4) is 5.75 Å². The van der Waals surface area contributed by atoms with Gasteiger partial charge in [0.2, 0.25) is 0 Å². The van der Waals surface area contributed by atoms with Crippen molar-refractivity contribution in [2.75, 3.05) is 13.2 Å². The molecule has 2 heteroatoms. The Hall–Kier alpha value is -1.02. The lowest BCUT2D eigenvalue weighted by Gasteiger charge is -2.25. The van der Waals surface area contributed by atoms with E-state index in [0.717, 1.165) is 12.2 Å². The first-order valence-electron chi connectivity index (χ1n) is 6.96. The van der Waals surface area contributed by atoms with Crippen LogP contribution in [0.1, 0.15) is 46.5 Å². The average Bonchev–Trinajstić information content (AvgIpc) is 2.36. The van der Waals surface area contributed by atoms with Gasteiger partial charge in [-0.25, -0.2) is 0 Å². The summed E-state index contributed by atoms with van der Waals surface area (Å²) in [5.41, 5.74) is -0.0325. The number of hydrogen-bond donors (Lipinski definition) is 0.